The van der Waals surface area contributed by atoms with Crippen molar-refractivity contribution in [2.24, 2.45) is 0 Å². The molecule has 3 nitrogen and oxygen atoms in total. The minimum Gasteiger partial charge on any atom is -0.494 e. The van der Waals surface area contributed by atoms with Gasteiger partial charge in [0.1, 0.15) is 5.75 Å². The number of allylic oxidation sites excluding steroid dienone is 1. The number of carbonyl (C=O) groups is 1. The Balaban J connectivity index is 2.79. The molecule has 0 heterocycles. The van der Waals surface area contributed by atoms with Crippen molar-refractivity contribution in [1.29, 1.82) is 0 Å². The Bertz CT molecular complexity index is 383. The number of ketones is 1. The molecule has 0 saturated heterocycles. The quantitative estimate of drug-likeness (QED) is 0.562. The van der Waals surface area contributed by atoms with E-state index in [1.165, 1.54) is 0 Å². The van der Waals surface area contributed by atoms with Gasteiger partial charge in [0.25, 0.3) is 0 Å². The summed E-state index contributed by atoms with van der Waals surface area (Å²) in [7, 11) is 3.75. The predicted octanol–water partition coefficient (Wildman–Crippen LogP) is 2.34. The van der Waals surface area contributed by atoms with E-state index in [9.17, 15) is 4.79 Å². The van der Waals surface area contributed by atoms with Crippen molar-refractivity contribution in [2.45, 2.75) is 6.92 Å². The van der Waals surface area contributed by atoms with E-state index in [2.05, 4.69) is 0 Å². The summed E-state index contributed by atoms with van der Waals surface area (Å²) in [6.07, 6.45) is 3.28. The molecule has 1 aromatic carbocycles. The highest BCUT2D eigenvalue weighted by Gasteiger charge is 2.02. The number of hydrogen-bond donors (Lipinski definition) is 0. The van der Waals surface area contributed by atoms with Crippen molar-refractivity contribution < 1.29 is 9.53 Å². The SMILES string of the molecule is CCOc1cccc(C(=O)/C=C/N(C)C)c1. The highest BCUT2D eigenvalue weighted by molar-refractivity contribution is 6.04. The molecule has 0 bridgehead atoms. The van der Waals surface area contributed by atoms with Gasteiger partial charge in [0.05, 0.1) is 6.61 Å². The summed E-state index contributed by atoms with van der Waals surface area (Å²) in [6.45, 7) is 2.52. The molecule has 0 radical (unpaired) electrons. The van der Waals surface area contributed by atoms with Gasteiger partial charge in [-0.1, -0.05) is 12.1 Å². The first kappa shape index (κ1) is 12.3. The molecular weight excluding hydrogens is 202 g/mol. The van der Waals surface area contributed by atoms with Gasteiger partial charge in [0, 0.05) is 31.9 Å². The fraction of sp³-hybridized carbons (Fsp3) is 0.308. The summed E-state index contributed by atoms with van der Waals surface area (Å²) >= 11 is 0. The van der Waals surface area contributed by atoms with Crippen LogP contribution in [0.4, 0.5) is 0 Å². The lowest BCUT2D eigenvalue weighted by molar-refractivity contribution is 0.104. The fourth-order valence-corrected chi connectivity index (χ4v) is 1.22. The molecule has 0 aliphatic carbocycles. The van der Waals surface area contributed by atoms with Gasteiger partial charge in [-0.05, 0) is 19.1 Å². The summed E-state index contributed by atoms with van der Waals surface area (Å²) in [4.78, 5) is 13.6. The Morgan fingerprint density at radius 2 is 2.19 bits per heavy atom. The van der Waals surface area contributed by atoms with Gasteiger partial charge in [-0.25, -0.2) is 0 Å². The molecule has 1 rings (SSSR count). The van der Waals surface area contributed by atoms with E-state index in [0.717, 1.165) is 5.75 Å². The number of hydrogen-bond acceptors (Lipinski definition) is 3. The number of ether oxygens (including phenoxy) is 1. The van der Waals surface area contributed by atoms with Crippen molar-refractivity contribution in [2.75, 3.05) is 20.7 Å². The fourth-order valence-electron chi connectivity index (χ4n) is 1.22. The normalized spacial score (nSPS) is 10.4. The Morgan fingerprint density at radius 1 is 1.44 bits per heavy atom. The first-order valence-electron chi connectivity index (χ1n) is 5.25. The van der Waals surface area contributed by atoms with Gasteiger partial charge in [0.15, 0.2) is 5.78 Å². The van der Waals surface area contributed by atoms with E-state index in [-0.39, 0.29) is 5.78 Å². The summed E-state index contributed by atoms with van der Waals surface area (Å²) in [6, 6.07) is 7.20. The van der Waals surface area contributed by atoms with Gasteiger partial charge in [-0.15, -0.1) is 0 Å². The molecule has 0 spiro atoms. The smallest absolute Gasteiger partial charge is 0.187 e. The standard InChI is InChI=1S/C13H17NO2/c1-4-16-12-7-5-6-11(10-12)13(15)8-9-14(2)3/h5-10H,4H2,1-3H3/b9-8+. The second kappa shape index (κ2) is 5.95. The molecule has 86 valence electrons. The maximum absolute atomic E-state index is 11.7. The van der Waals surface area contributed by atoms with Crippen LogP contribution in [0.5, 0.6) is 5.75 Å². The van der Waals surface area contributed by atoms with E-state index in [1.807, 2.05) is 38.1 Å². The second-order valence-corrected chi connectivity index (χ2v) is 3.60. The summed E-state index contributed by atoms with van der Waals surface area (Å²) in [5, 5.41) is 0. The van der Waals surface area contributed by atoms with Crippen LogP contribution in [0, 0.1) is 0 Å². The largest absolute Gasteiger partial charge is 0.494 e. The zero-order valence-corrected chi connectivity index (χ0v) is 9.93. The molecule has 0 aliphatic rings. The van der Waals surface area contributed by atoms with Crippen LogP contribution in [-0.4, -0.2) is 31.4 Å². The Labute approximate surface area is 96.3 Å². The Kier molecular flexibility index (Phi) is 4.58. The van der Waals surface area contributed by atoms with Gasteiger partial charge in [-0.2, -0.15) is 0 Å². The van der Waals surface area contributed by atoms with Crippen LogP contribution in [0.15, 0.2) is 36.5 Å². The number of carbonyl (C=O) groups excluding carboxylic acids is 1. The third kappa shape index (κ3) is 3.77. The molecule has 0 amide bonds. The highest BCUT2D eigenvalue weighted by Crippen LogP contribution is 2.14. The second-order valence-electron chi connectivity index (χ2n) is 3.60. The lowest BCUT2D eigenvalue weighted by Gasteiger charge is -2.05. The van der Waals surface area contributed by atoms with Gasteiger partial charge in [-0.3, -0.25) is 4.79 Å². The van der Waals surface area contributed by atoms with Crippen molar-refractivity contribution in [3.63, 3.8) is 0 Å². The van der Waals surface area contributed by atoms with Gasteiger partial charge < -0.3 is 9.64 Å². The van der Waals surface area contributed by atoms with Gasteiger partial charge >= 0.3 is 0 Å². The molecule has 0 N–H and O–H groups in total. The molecular formula is C13H17NO2. The molecule has 0 fully saturated rings. The summed E-state index contributed by atoms with van der Waals surface area (Å²) in [5.41, 5.74) is 0.643. The summed E-state index contributed by atoms with van der Waals surface area (Å²) < 4.78 is 5.34. The minimum absolute atomic E-state index is 0.0183. The maximum Gasteiger partial charge on any atom is 0.187 e. The predicted molar refractivity (Wildman–Crippen MR) is 64.8 cm³/mol. The van der Waals surface area contributed by atoms with Gasteiger partial charge in [0.2, 0.25) is 0 Å². The molecule has 0 aromatic heterocycles. The van der Waals surface area contributed by atoms with Crippen LogP contribution < -0.4 is 4.74 Å². The number of nitrogens with zero attached hydrogens (tertiary/aromatic N) is 1. The molecule has 1 aromatic rings. The third-order valence-corrected chi connectivity index (χ3v) is 1.95. The molecule has 3 heteroatoms. The minimum atomic E-state index is -0.0183. The molecule has 0 atom stereocenters. The first-order valence-corrected chi connectivity index (χ1v) is 5.25. The van der Waals surface area contributed by atoms with Crippen LogP contribution in [-0.2, 0) is 0 Å². The monoisotopic (exact) mass is 219 g/mol. The molecule has 0 saturated carbocycles. The average molecular weight is 219 g/mol. The highest BCUT2D eigenvalue weighted by atomic mass is 16.5. The van der Waals surface area contributed by atoms with Crippen LogP contribution in [0.2, 0.25) is 0 Å². The number of rotatable bonds is 5. The van der Waals surface area contributed by atoms with Crippen molar-refractivity contribution in [3.05, 3.63) is 42.1 Å². The molecule has 16 heavy (non-hydrogen) atoms. The summed E-state index contributed by atoms with van der Waals surface area (Å²) in [5.74, 6) is 0.710. The van der Waals surface area contributed by atoms with E-state index in [0.29, 0.717) is 12.2 Å². The molecule has 0 unspecified atom stereocenters. The van der Waals surface area contributed by atoms with Crippen molar-refractivity contribution >= 4 is 5.78 Å². The first-order chi connectivity index (χ1) is 7.63. The van der Waals surface area contributed by atoms with Crippen LogP contribution in [0.25, 0.3) is 0 Å². The zero-order valence-electron chi connectivity index (χ0n) is 9.93. The van der Waals surface area contributed by atoms with E-state index in [1.54, 1.807) is 24.4 Å². The van der Waals surface area contributed by atoms with E-state index >= 15 is 0 Å². The maximum atomic E-state index is 11.7. The average Bonchev–Trinajstić information content (AvgIpc) is 2.26. The third-order valence-electron chi connectivity index (χ3n) is 1.95. The Hall–Kier alpha value is -1.77. The molecule has 0 aliphatic heterocycles. The lowest BCUT2D eigenvalue weighted by Crippen LogP contribution is -2.03. The van der Waals surface area contributed by atoms with Crippen molar-refractivity contribution in [3.8, 4) is 5.75 Å². The topological polar surface area (TPSA) is 29.5 Å². The van der Waals surface area contributed by atoms with Crippen molar-refractivity contribution in [1.82, 2.24) is 4.90 Å². The van der Waals surface area contributed by atoms with Crippen LogP contribution in [0.3, 0.4) is 0 Å². The van der Waals surface area contributed by atoms with Crippen LogP contribution in [0.1, 0.15) is 17.3 Å². The Morgan fingerprint density at radius 3 is 2.81 bits per heavy atom. The van der Waals surface area contributed by atoms with E-state index in [4.69, 9.17) is 4.74 Å². The number of benzene rings is 1. The van der Waals surface area contributed by atoms with Crippen LogP contribution >= 0.6 is 0 Å². The zero-order chi connectivity index (χ0) is 12.0. The lowest BCUT2D eigenvalue weighted by atomic mass is 10.1. The van der Waals surface area contributed by atoms with E-state index < -0.39 is 0 Å².